The van der Waals surface area contributed by atoms with Crippen LogP contribution in [-0.2, 0) is 9.59 Å². The first-order valence-corrected chi connectivity index (χ1v) is 9.99. The number of carbonyl (C=O) groups is 2. The van der Waals surface area contributed by atoms with Crippen LogP contribution in [0.3, 0.4) is 0 Å². The third kappa shape index (κ3) is 3.54. The van der Waals surface area contributed by atoms with Gasteiger partial charge in [0.15, 0.2) is 0 Å². The quantitative estimate of drug-likeness (QED) is 0.811. The predicted octanol–water partition coefficient (Wildman–Crippen LogP) is 3.11. The van der Waals surface area contributed by atoms with E-state index in [0.717, 1.165) is 12.8 Å². The van der Waals surface area contributed by atoms with Crippen molar-refractivity contribution in [3.05, 3.63) is 29.3 Å². The highest BCUT2D eigenvalue weighted by Crippen LogP contribution is 2.31. The van der Waals surface area contributed by atoms with Crippen molar-refractivity contribution < 1.29 is 14.3 Å². The molecule has 1 aromatic rings. The monoisotopic (exact) mass is 376 g/mol. The fourth-order valence-electron chi connectivity index (χ4n) is 4.31. The van der Waals surface area contributed by atoms with Gasteiger partial charge in [-0.3, -0.25) is 9.59 Å². The number of hydrogen-bond acceptors (Lipinski definition) is 3. The normalized spacial score (nSPS) is 24.7. The first-order valence-electron chi connectivity index (χ1n) is 9.61. The van der Waals surface area contributed by atoms with Gasteiger partial charge in [0, 0.05) is 19.0 Å². The standard InChI is InChI=1S/C20H25ClN2O3/c21-17-7-3-4-8-18(17)26-16-12-22(13-16)20(25)14-9-10-19(24)23(11-14)15-5-1-2-6-15/h3-4,7-8,14-16H,1-2,5-6,9-13H2/t14-/m0/s1. The van der Waals surface area contributed by atoms with Crippen LogP contribution in [0, 0.1) is 5.92 Å². The number of likely N-dealkylation sites (tertiary alicyclic amines) is 2. The lowest BCUT2D eigenvalue weighted by Crippen LogP contribution is -2.59. The molecule has 0 radical (unpaired) electrons. The molecule has 0 unspecified atom stereocenters. The van der Waals surface area contributed by atoms with Crippen molar-refractivity contribution >= 4 is 23.4 Å². The highest BCUT2D eigenvalue weighted by atomic mass is 35.5. The van der Waals surface area contributed by atoms with Gasteiger partial charge in [0.05, 0.1) is 24.0 Å². The molecule has 2 amide bonds. The average Bonchev–Trinajstić information content (AvgIpc) is 3.13. The molecule has 3 aliphatic rings. The highest BCUT2D eigenvalue weighted by molar-refractivity contribution is 6.32. The molecule has 1 aromatic carbocycles. The summed E-state index contributed by atoms with van der Waals surface area (Å²) in [4.78, 5) is 28.9. The van der Waals surface area contributed by atoms with E-state index in [-0.39, 0.29) is 23.8 Å². The van der Waals surface area contributed by atoms with E-state index in [2.05, 4.69) is 0 Å². The van der Waals surface area contributed by atoms with E-state index in [4.69, 9.17) is 16.3 Å². The van der Waals surface area contributed by atoms with E-state index in [1.54, 1.807) is 6.07 Å². The smallest absolute Gasteiger partial charge is 0.227 e. The molecule has 3 fully saturated rings. The molecule has 1 saturated carbocycles. The van der Waals surface area contributed by atoms with Gasteiger partial charge >= 0.3 is 0 Å². The molecule has 1 aliphatic carbocycles. The maximum Gasteiger partial charge on any atom is 0.227 e. The Kier molecular flexibility index (Phi) is 5.07. The third-order valence-corrected chi connectivity index (χ3v) is 6.16. The second kappa shape index (κ2) is 7.47. The van der Waals surface area contributed by atoms with Gasteiger partial charge in [-0.1, -0.05) is 36.6 Å². The van der Waals surface area contributed by atoms with Crippen LogP contribution in [0.15, 0.2) is 24.3 Å². The Bertz CT molecular complexity index is 683. The van der Waals surface area contributed by atoms with Crippen LogP contribution in [0.4, 0.5) is 0 Å². The van der Waals surface area contributed by atoms with Gasteiger partial charge in [-0.2, -0.15) is 0 Å². The summed E-state index contributed by atoms with van der Waals surface area (Å²) in [5.74, 6) is 1.00. The van der Waals surface area contributed by atoms with Crippen LogP contribution in [0.5, 0.6) is 5.75 Å². The zero-order valence-electron chi connectivity index (χ0n) is 14.9. The summed E-state index contributed by atoms with van der Waals surface area (Å²) in [6.07, 6.45) is 5.73. The zero-order valence-corrected chi connectivity index (χ0v) is 15.7. The number of hydrogen-bond donors (Lipinski definition) is 0. The number of amides is 2. The van der Waals surface area contributed by atoms with Crippen LogP contribution >= 0.6 is 11.6 Å². The second-order valence-corrected chi connectivity index (χ2v) is 8.04. The molecule has 6 heteroatoms. The zero-order chi connectivity index (χ0) is 18.1. The first-order chi connectivity index (χ1) is 12.6. The third-order valence-electron chi connectivity index (χ3n) is 5.85. The lowest BCUT2D eigenvalue weighted by Gasteiger charge is -2.43. The number of nitrogens with zero attached hydrogens (tertiary/aromatic N) is 2. The molecular weight excluding hydrogens is 352 g/mol. The summed E-state index contributed by atoms with van der Waals surface area (Å²) < 4.78 is 5.88. The molecular formula is C20H25ClN2O3. The fourth-order valence-corrected chi connectivity index (χ4v) is 4.49. The van der Waals surface area contributed by atoms with Crippen molar-refractivity contribution in [1.29, 1.82) is 0 Å². The summed E-state index contributed by atoms with van der Waals surface area (Å²) in [6, 6.07) is 7.76. The molecule has 0 aromatic heterocycles. The first kappa shape index (κ1) is 17.7. The Morgan fingerprint density at radius 3 is 2.54 bits per heavy atom. The maximum absolute atomic E-state index is 12.8. The van der Waals surface area contributed by atoms with E-state index >= 15 is 0 Å². The van der Waals surface area contributed by atoms with Gasteiger partial charge in [-0.05, 0) is 31.4 Å². The number of piperidine rings is 1. The Hall–Kier alpha value is -1.75. The minimum absolute atomic E-state index is 0.00462. The van der Waals surface area contributed by atoms with Crippen LogP contribution in [0.25, 0.3) is 0 Å². The fraction of sp³-hybridized carbons (Fsp3) is 0.600. The summed E-state index contributed by atoms with van der Waals surface area (Å²) in [7, 11) is 0. The maximum atomic E-state index is 12.8. The number of rotatable bonds is 4. The van der Waals surface area contributed by atoms with Crippen molar-refractivity contribution in [2.75, 3.05) is 19.6 Å². The van der Waals surface area contributed by atoms with E-state index in [0.29, 0.717) is 49.3 Å². The molecule has 1 atom stereocenters. The number of benzene rings is 1. The minimum atomic E-state index is -0.0606. The van der Waals surface area contributed by atoms with Crippen molar-refractivity contribution in [2.24, 2.45) is 5.92 Å². The van der Waals surface area contributed by atoms with Gasteiger partial charge in [0.2, 0.25) is 11.8 Å². The number of para-hydroxylation sites is 1. The lowest BCUT2D eigenvalue weighted by atomic mass is 9.93. The Morgan fingerprint density at radius 1 is 1.08 bits per heavy atom. The summed E-state index contributed by atoms with van der Waals surface area (Å²) >= 11 is 6.12. The van der Waals surface area contributed by atoms with Gasteiger partial charge in [0.25, 0.3) is 0 Å². The molecule has 2 saturated heterocycles. The predicted molar refractivity (Wildman–Crippen MR) is 99.1 cm³/mol. The topological polar surface area (TPSA) is 49.9 Å². The lowest BCUT2D eigenvalue weighted by molar-refractivity contribution is -0.150. The Morgan fingerprint density at radius 2 is 1.81 bits per heavy atom. The number of carbonyl (C=O) groups excluding carboxylic acids is 2. The Labute approximate surface area is 159 Å². The number of ether oxygens (including phenoxy) is 1. The molecule has 0 spiro atoms. The van der Waals surface area contributed by atoms with E-state index < -0.39 is 0 Å². The van der Waals surface area contributed by atoms with Gasteiger partial charge in [0.1, 0.15) is 11.9 Å². The van der Waals surface area contributed by atoms with Crippen LogP contribution in [0.2, 0.25) is 5.02 Å². The molecule has 5 nitrogen and oxygen atoms in total. The van der Waals surface area contributed by atoms with Crippen LogP contribution in [0.1, 0.15) is 38.5 Å². The van der Waals surface area contributed by atoms with Crippen LogP contribution in [-0.4, -0.2) is 53.4 Å². The van der Waals surface area contributed by atoms with Gasteiger partial charge < -0.3 is 14.5 Å². The number of halogens is 1. The van der Waals surface area contributed by atoms with E-state index in [1.807, 2.05) is 28.0 Å². The molecule has 2 aliphatic heterocycles. The molecule has 4 rings (SSSR count). The van der Waals surface area contributed by atoms with Crippen molar-refractivity contribution in [3.8, 4) is 5.75 Å². The van der Waals surface area contributed by atoms with Crippen molar-refractivity contribution in [2.45, 2.75) is 50.7 Å². The average molecular weight is 377 g/mol. The van der Waals surface area contributed by atoms with E-state index in [9.17, 15) is 9.59 Å². The van der Waals surface area contributed by atoms with E-state index in [1.165, 1.54) is 12.8 Å². The largest absolute Gasteiger partial charge is 0.485 e. The van der Waals surface area contributed by atoms with Crippen LogP contribution < -0.4 is 4.74 Å². The Balaban J connectivity index is 1.30. The summed E-state index contributed by atoms with van der Waals surface area (Å²) in [5.41, 5.74) is 0. The SMILES string of the molecule is O=C([C@H]1CCC(=O)N(C2CCCC2)C1)N1CC(Oc2ccccc2Cl)C1. The molecule has 0 N–H and O–H groups in total. The molecule has 2 heterocycles. The van der Waals surface area contributed by atoms with Crippen molar-refractivity contribution in [1.82, 2.24) is 9.80 Å². The second-order valence-electron chi connectivity index (χ2n) is 7.63. The highest BCUT2D eigenvalue weighted by Gasteiger charge is 2.40. The summed E-state index contributed by atoms with van der Waals surface area (Å²) in [6.45, 7) is 1.78. The molecule has 140 valence electrons. The molecule has 26 heavy (non-hydrogen) atoms. The van der Waals surface area contributed by atoms with Crippen molar-refractivity contribution in [3.63, 3.8) is 0 Å². The van der Waals surface area contributed by atoms with Gasteiger partial charge in [-0.15, -0.1) is 0 Å². The molecule has 0 bridgehead atoms. The van der Waals surface area contributed by atoms with Gasteiger partial charge in [-0.25, -0.2) is 0 Å². The summed E-state index contributed by atoms with van der Waals surface area (Å²) in [5, 5.41) is 0.593. The minimum Gasteiger partial charge on any atom is -0.485 e.